The summed E-state index contributed by atoms with van der Waals surface area (Å²) in [5.41, 5.74) is 9.13. The standard InChI is InChI=1S/C29H29N3O6/c1-36-26(33)16-22-15-24(32(28(22)34)23-11-7-21(8-12-23)29(35)37-2)17-38-25-13-9-19(10-14-25)18-3-5-20(6-4-18)27(30)31/h3-14,22,24H,15-17H2,1-2H3,(H3,30,31)/t22-,24-/m0/s1. The fourth-order valence-corrected chi connectivity index (χ4v) is 4.50. The Morgan fingerprint density at radius 1 is 0.895 bits per heavy atom. The number of carbonyl (C=O) groups is 3. The van der Waals surface area contributed by atoms with E-state index in [0.29, 0.717) is 29.0 Å². The molecule has 38 heavy (non-hydrogen) atoms. The Labute approximate surface area is 220 Å². The van der Waals surface area contributed by atoms with Gasteiger partial charge in [-0.25, -0.2) is 4.79 Å². The van der Waals surface area contributed by atoms with Crippen LogP contribution in [0.4, 0.5) is 5.69 Å². The van der Waals surface area contributed by atoms with Crippen LogP contribution in [0.15, 0.2) is 72.8 Å². The molecule has 1 fully saturated rings. The largest absolute Gasteiger partial charge is 0.491 e. The average molecular weight is 516 g/mol. The molecule has 1 heterocycles. The summed E-state index contributed by atoms with van der Waals surface area (Å²) in [6.07, 6.45) is 0.410. The van der Waals surface area contributed by atoms with E-state index < -0.39 is 17.9 Å². The second-order valence-electron chi connectivity index (χ2n) is 8.94. The maximum atomic E-state index is 13.3. The van der Waals surface area contributed by atoms with Crippen LogP contribution in [0.25, 0.3) is 11.1 Å². The van der Waals surface area contributed by atoms with Gasteiger partial charge in [-0.15, -0.1) is 0 Å². The van der Waals surface area contributed by atoms with E-state index in [9.17, 15) is 14.4 Å². The van der Waals surface area contributed by atoms with Gasteiger partial charge in [-0.05, 0) is 53.9 Å². The molecule has 9 heteroatoms. The van der Waals surface area contributed by atoms with Crippen LogP contribution in [0.5, 0.6) is 5.75 Å². The summed E-state index contributed by atoms with van der Waals surface area (Å²) in [4.78, 5) is 38.6. The van der Waals surface area contributed by atoms with Crippen molar-refractivity contribution in [3.63, 3.8) is 0 Å². The van der Waals surface area contributed by atoms with Crippen molar-refractivity contribution in [2.24, 2.45) is 11.7 Å². The molecule has 1 amide bonds. The number of hydrogen-bond donors (Lipinski definition) is 2. The number of hydrogen-bond acceptors (Lipinski definition) is 7. The molecule has 0 saturated carbocycles. The van der Waals surface area contributed by atoms with E-state index in [2.05, 4.69) is 0 Å². The number of esters is 2. The molecule has 3 aromatic rings. The SMILES string of the molecule is COC(=O)C[C@@H]1C[C@@H](COc2ccc(-c3ccc(C(=N)N)cc3)cc2)N(c2ccc(C(=O)OC)cc2)C1=O. The molecule has 1 saturated heterocycles. The van der Waals surface area contributed by atoms with Gasteiger partial charge in [-0.3, -0.25) is 15.0 Å². The number of methoxy groups -OCH3 is 2. The summed E-state index contributed by atoms with van der Waals surface area (Å²) in [7, 11) is 2.61. The molecule has 1 aliphatic heterocycles. The lowest BCUT2D eigenvalue weighted by molar-refractivity contribution is -0.143. The maximum absolute atomic E-state index is 13.3. The number of amides is 1. The third kappa shape index (κ3) is 5.83. The van der Waals surface area contributed by atoms with Crippen molar-refractivity contribution in [1.82, 2.24) is 0 Å². The van der Waals surface area contributed by atoms with Crippen molar-refractivity contribution >= 4 is 29.4 Å². The maximum Gasteiger partial charge on any atom is 0.337 e. The average Bonchev–Trinajstić information content (AvgIpc) is 3.26. The van der Waals surface area contributed by atoms with Crippen molar-refractivity contribution < 1.29 is 28.6 Å². The summed E-state index contributed by atoms with van der Waals surface area (Å²) in [6, 6.07) is 21.2. The smallest absolute Gasteiger partial charge is 0.337 e. The monoisotopic (exact) mass is 515 g/mol. The highest BCUT2D eigenvalue weighted by atomic mass is 16.5. The highest BCUT2D eigenvalue weighted by Gasteiger charge is 2.41. The summed E-state index contributed by atoms with van der Waals surface area (Å²) in [5.74, 6) is -0.980. The van der Waals surface area contributed by atoms with Crippen molar-refractivity contribution in [1.29, 1.82) is 5.41 Å². The Morgan fingerprint density at radius 2 is 1.47 bits per heavy atom. The van der Waals surface area contributed by atoms with Gasteiger partial charge in [0.25, 0.3) is 0 Å². The van der Waals surface area contributed by atoms with Gasteiger partial charge in [-0.2, -0.15) is 0 Å². The molecule has 0 bridgehead atoms. The molecule has 0 aliphatic carbocycles. The van der Waals surface area contributed by atoms with Gasteiger partial charge in [0.05, 0.1) is 38.2 Å². The number of nitrogens with zero attached hydrogens (tertiary/aromatic N) is 1. The zero-order valence-corrected chi connectivity index (χ0v) is 21.2. The zero-order chi connectivity index (χ0) is 27.2. The van der Waals surface area contributed by atoms with Crippen LogP contribution in [0.2, 0.25) is 0 Å². The van der Waals surface area contributed by atoms with E-state index in [1.807, 2.05) is 36.4 Å². The summed E-state index contributed by atoms with van der Waals surface area (Å²) >= 11 is 0. The fourth-order valence-electron chi connectivity index (χ4n) is 4.50. The normalized spacial score (nSPS) is 16.7. The topological polar surface area (TPSA) is 132 Å². The van der Waals surface area contributed by atoms with Crippen molar-refractivity contribution in [3.8, 4) is 16.9 Å². The van der Waals surface area contributed by atoms with Gasteiger partial charge in [-0.1, -0.05) is 36.4 Å². The molecule has 0 radical (unpaired) electrons. The highest BCUT2D eigenvalue weighted by Crippen LogP contribution is 2.33. The molecule has 1 aliphatic rings. The minimum atomic E-state index is -0.531. The molecule has 4 rings (SSSR count). The van der Waals surface area contributed by atoms with Crippen molar-refractivity contribution in [3.05, 3.63) is 83.9 Å². The van der Waals surface area contributed by atoms with Gasteiger partial charge < -0.3 is 24.8 Å². The molecule has 9 nitrogen and oxygen atoms in total. The minimum absolute atomic E-state index is 0.0142. The van der Waals surface area contributed by atoms with E-state index >= 15 is 0 Å². The first-order valence-corrected chi connectivity index (χ1v) is 12.1. The van der Waals surface area contributed by atoms with Gasteiger partial charge in [0.15, 0.2) is 0 Å². The van der Waals surface area contributed by atoms with Crippen molar-refractivity contribution in [2.45, 2.75) is 18.9 Å². The number of anilines is 1. The first-order valence-electron chi connectivity index (χ1n) is 12.1. The van der Waals surface area contributed by atoms with E-state index in [4.69, 9.17) is 25.4 Å². The third-order valence-electron chi connectivity index (χ3n) is 6.54. The van der Waals surface area contributed by atoms with Gasteiger partial charge in [0.2, 0.25) is 5.91 Å². The van der Waals surface area contributed by atoms with Crippen molar-refractivity contribution in [2.75, 3.05) is 25.7 Å². The predicted molar refractivity (Wildman–Crippen MR) is 142 cm³/mol. The Morgan fingerprint density at radius 3 is 2.03 bits per heavy atom. The minimum Gasteiger partial charge on any atom is -0.491 e. The summed E-state index contributed by atoms with van der Waals surface area (Å²) < 4.78 is 15.6. The van der Waals surface area contributed by atoms with Gasteiger partial charge in [0.1, 0.15) is 18.2 Å². The van der Waals surface area contributed by atoms with Crippen LogP contribution in [-0.4, -0.2) is 50.5 Å². The van der Waals surface area contributed by atoms with E-state index in [1.54, 1.807) is 41.3 Å². The fraction of sp³-hybridized carbons (Fsp3) is 0.241. The molecule has 3 N–H and O–H groups in total. The van der Waals surface area contributed by atoms with Crippen LogP contribution < -0.4 is 15.4 Å². The number of nitrogens with one attached hydrogen (secondary N) is 1. The lowest BCUT2D eigenvalue weighted by Gasteiger charge is -2.25. The molecule has 3 aromatic carbocycles. The second kappa shape index (κ2) is 11.6. The van der Waals surface area contributed by atoms with Crippen LogP contribution in [0.1, 0.15) is 28.8 Å². The van der Waals surface area contributed by atoms with E-state index in [1.165, 1.54) is 14.2 Å². The van der Waals surface area contributed by atoms with Crippen LogP contribution >= 0.6 is 0 Å². The van der Waals surface area contributed by atoms with Crippen LogP contribution in [0.3, 0.4) is 0 Å². The molecular weight excluding hydrogens is 486 g/mol. The number of nitrogen functional groups attached to an aromatic ring is 1. The van der Waals surface area contributed by atoms with Crippen LogP contribution in [0, 0.1) is 11.3 Å². The number of nitrogens with two attached hydrogens (primary N) is 1. The Kier molecular flexibility index (Phi) is 8.06. The summed E-state index contributed by atoms with van der Waals surface area (Å²) in [5, 5.41) is 7.52. The molecular formula is C29H29N3O6. The Balaban J connectivity index is 1.49. The highest BCUT2D eigenvalue weighted by molar-refractivity contribution is 6.00. The number of benzene rings is 3. The Bertz CT molecular complexity index is 1320. The Hall–Kier alpha value is -4.66. The van der Waals surface area contributed by atoms with E-state index in [0.717, 1.165) is 11.1 Å². The molecule has 0 aromatic heterocycles. The second-order valence-corrected chi connectivity index (χ2v) is 8.94. The lowest BCUT2D eigenvalue weighted by atomic mass is 10.0. The first kappa shape index (κ1) is 26.4. The van der Waals surface area contributed by atoms with Gasteiger partial charge in [0, 0.05) is 11.3 Å². The third-order valence-corrected chi connectivity index (χ3v) is 6.54. The number of ether oxygens (including phenoxy) is 3. The molecule has 0 spiro atoms. The quantitative estimate of drug-likeness (QED) is 0.252. The van der Waals surface area contributed by atoms with Crippen LogP contribution in [-0.2, 0) is 19.1 Å². The van der Waals surface area contributed by atoms with E-state index in [-0.39, 0.29) is 30.8 Å². The predicted octanol–water partition coefficient (Wildman–Crippen LogP) is 3.79. The first-order chi connectivity index (χ1) is 18.3. The summed E-state index contributed by atoms with van der Waals surface area (Å²) in [6.45, 7) is 0.217. The number of amidine groups is 1. The number of rotatable bonds is 9. The number of carbonyl (C=O) groups excluding carboxylic acids is 3. The molecule has 196 valence electrons. The lowest BCUT2D eigenvalue weighted by Crippen LogP contribution is -2.37. The zero-order valence-electron chi connectivity index (χ0n) is 21.2. The van der Waals surface area contributed by atoms with Gasteiger partial charge >= 0.3 is 11.9 Å². The molecule has 2 atom stereocenters. The molecule has 0 unspecified atom stereocenters.